The molecule has 0 radical (unpaired) electrons. The number of hydrogen-bond acceptors (Lipinski definition) is 3. The second-order valence-electron chi connectivity index (χ2n) is 4.81. The molecule has 0 bridgehead atoms. The van der Waals surface area contributed by atoms with E-state index in [-0.39, 0.29) is 11.4 Å². The third kappa shape index (κ3) is 2.91. The highest BCUT2D eigenvalue weighted by molar-refractivity contribution is 5.76. The van der Waals surface area contributed by atoms with Gasteiger partial charge in [0, 0.05) is 13.2 Å². The first kappa shape index (κ1) is 13.1. The number of hydrogen-bond donors (Lipinski definition) is 0. The molecule has 3 heteroatoms. The molecule has 0 amide bonds. The fourth-order valence-electron chi connectivity index (χ4n) is 2.34. The van der Waals surface area contributed by atoms with Gasteiger partial charge in [0.25, 0.3) is 0 Å². The zero-order chi connectivity index (χ0) is 12.8. The molecule has 1 heterocycles. The SMILES string of the molecule is CCC1(C(=O)OCc2ccccc2)CCOCC1. The molecule has 3 nitrogen and oxygen atoms in total. The Kier molecular flexibility index (Phi) is 4.37. The Bertz CT molecular complexity index is 380. The third-order valence-corrected chi connectivity index (χ3v) is 3.77. The van der Waals surface area contributed by atoms with Crippen molar-refractivity contribution in [3.63, 3.8) is 0 Å². The second-order valence-corrected chi connectivity index (χ2v) is 4.81. The second kappa shape index (κ2) is 6.01. The van der Waals surface area contributed by atoms with Crippen molar-refractivity contribution in [3.8, 4) is 0 Å². The van der Waals surface area contributed by atoms with Crippen LogP contribution in [0.5, 0.6) is 0 Å². The van der Waals surface area contributed by atoms with E-state index in [4.69, 9.17) is 9.47 Å². The molecule has 2 rings (SSSR count). The van der Waals surface area contributed by atoms with Gasteiger partial charge in [-0.15, -0.1) is 0 Å². The van der Waals surface area contributed by atoms with Crippen LogP contribution in [0.1, 0.15) is 31.7 Å². The molecular weight excluding hydrogens is 228 g/mol. The summed E-state index contributed by atoms with van der Waals surface area (Å²) in [5, 5.41) is 0. The molecule has 1 aliphatic rings. The normalized spacial score (nSPS) is 18.3. The molecule has 1 aliphatic heterocycles. The van der Waals surface area contributed by atoms with E-state index in [1.165, 1.54) is 0 Å². The Morgan fingerprint density at radius 2 is 1.94 bits per heavy atom. The molecule has 1 saturated heterocycles. The van der Waals surface area contributed by atoms with Crippen molar-refractivity contribution in [1.29, 1.82) is 0 Å². The summed E-state index contributed by atoms with van der Waals surface area (Å²) in [7, 11) is 0. The van der Waals surface area contributed by atoms with Gasteiger partial charge in [0.1, 0.15) is 6.61 Å². The lowest BCUT2D eigenvalue weighted by molar-refractivity contribution is -0.163. The molecule has 18 heavy (non-hydrogen) atoms. The maximum Gasteiger partial charge on any atom is 0.312 e. The van der Waals surface area contributed by atoms with Crippen LogP contribution < -0.4 is 0 Å². The van der Waals surface area contributed by atoms with Crippen LogP contribution in [-0.2, 0) is 20.9 Å². The smallest absolute Gasteiger partial charge is 0.312 e. The summed E-state index contributed by atoms with van der Waals surface area (Å²) in [4.78, 5) is 12.2. The van der Waals surface area contributed by atoms with Crippen LogP contribution in [0.3, 0.4) is 0 Å². The fraction of sp³-hybridized carbons (Fsp3) is 0.533. The van der Waals surface area contributed by atoms with Gasteiger partial charge in [0.05, 0.1) is 5.41 Å². The van der Waals surface area contributed by atoms with Crippen LogP contribution in [0, 0.1) is 5.41 Å². The first-order valence-corrected chi connectivity index (χ1v) is 6.56. The minimum absolute atomic E-state index is 0.0721. The first-order valence-electron chi connectivity index (χ1n) is 6.56. The van der Waals surface area contributed by atoms with Gasteiger partial charge < -0.3 is 9.47 Å². The maximum atomic E-state index is 12.2. The van der Waals surface area contributed by atoms with E-state index in [9.17, 15) is 4.79 Å². The van der Waals surface area contributed by atoms with Crippen molar-refractivity contribution in [1.82, 2.24) is 0 Å². The summed E-state index contributed by atoms with van der Waals surface area (Å²) >= 11 is 0. The van der Waals surface area contributed by atoms with Crippen molar-refractivity contribution < 1.29 is 14.3 Å². The predicted octanol–water partition coefficient (Wildman–Crippen LogP) is 2.94. The van der Waals surface area contributed by atoms with Crippen molar-refractivity contribution in [2.24, 2.45) is 5.41 Å². The van der Waals surface area contributed by atoms with E-state index in [1.807, 2.05) is 30.3 Å². The van der Waals surface area contributed by atoms with Gasteiger partial charge in [0.15, 0.2) is 0 Å². The standard InChI is InChI=1S/C15H20O3/c1-2-15(8-10-17-11-9-15)14(16)18-12-13-6-4-3-5-7-13/h3-7H,2,8-12H2,1H3. The molecular formula is C15H20O3. The summed E-state index contributed by atoms with van der Waals surface area (Å²) in [5.74, 6) is -0.0721. The van der Waals surface area contributed by atoms with E-state index >= 15 is 0 Å². The highest BCUT2D eigenvalue weighted by Gasteiger charge is 2.39. The Hall–Kier alpha value is -1.35. The van der Waals surface area contributed by atoms with Gasteiger partial charge in [-0.05, 0) is 24.8 Å². The predicted molar refractivity (Wildman–Crippen MR) is 69.0 cm³/mol. The topological polar surface area (TPSA) is 35.5 Å². The van der Waals surface area contributed by atoms with Crippen molar-refractivity contribution in [2.75, 3.05) is 13.2 Å². The minimum Gasteiger partial charge on any atom is -0.460 e. The van der Waals surface area contributed by atoms with Crippen LogP contribution in [0.4, 0.5) is 0 Å². The summed E-state index contributed by atoms with van der Waals surface area (Å²) in [6.07, 6.45) is 2.37. The molecule has 0 N–H and O–H groups in total. The maximum absolute atomic E-state index is 12.2. The number of rotatable bonds is 4. The average Bonchev–Trinajstić information content (AvgIpc) is 2.46. The number of ether oxygens (including phenoxy) is 2. The van der Waals surface area contributed by atoms with Crippen LogP contribution in [-0.4, -0.2) is 19.2 Å². The molecule has 0 saturated carbocycles. The van der Waals surface area contributed by atoms with Crippen LogP contribution in [0.25, 0.3) is 0 Å². The van der Waals surface area contributed by atoms with Crippen LogP contribution in [0.15, 0.2) is 30.3 Å². The lowest BCUT2D eigenvalue weighted by Crippen LogP contribution is -2.38. The van der Waals surface area contributed by atoms with Crippen LogP contribution >= 0.6 is 0 Å². The summed E-state index contributed by atoms with van der Waals surface area (Å²) in [5.41, 5.74) is 0.705. The molecule has 0 aliphatic carbocycles. The van der Waals surface area contributed by atoms with Gasteiger partial charge in [-0.2, -0.15) is 0 Å². The highest BCUT2D eigenvalue weighted by Crippen LogP contribution is 2.35. The molecule has 98 valence electrons. The number of esters is 1. The molecule has 1 fully saturated rings. The van der Waals surface area contributed by atoms with E-state index < -0.39 is 0 Å². The Labute approximate surface area is 108 Å². The van der Waals surface area contributed by atoms with Gasteiger partial charge in [0.2, 0.25) is 0 Å². The van der Waals surface area contributed by atoms with E-state index in [0.717, 1.165) is 24.8 Å². The third-order valence-electron chi connectivity index (χ3n) is 3.77. The lowest BCUT2D eigenvalue weighted by Gasteiger charge is -2.33. The van der Waals surface area contributed by atoms with E-state index in [2.05, 4.69) is 6.92 Å². The molecule has 0 spiro atoms. The summed E-state index contributed by atoms with van der Waals surface area (Å²) in [6.45, 7) is 3.74. The van der Waals surface area contributed by atoms with E-state index in [1.54, 1.807) is 0 Å². The highest BCUT2D eigenvalue weighted by atomic mass is 16.5. The Balaban J connectivity index is 1.94. The minimum atomic E-state index is -0.326. The van der Waals surface area contributed by atoms with Crippen molar-refractivity contribution >= 4 is 5.97 Å². The largest absolute Gasteiger partial charge is 0.460 e. The lowest BCUT2D eigenvalue weighted by atomic mass is 9.78. The Morgan fingerprint density at radius 1 is 1.28 bits per heavy atom. The van der Waals surface area contributed by atoms with Crippen molar-refractivity contribution in [3.05, 3.63) is 35.9 Å². The zero-order valence-electron chi connectivity index (χ0n) is 10.9. The average molecular weight is 248 g/mol. The summed E-state index contributed by atoms with van der Waals surface area (Å²) in [6, 6.07) is 9.80. The van der Waals surface area contributed by atoms with Gasteiger partial charge >= 0.3 is 5.97 Å². The van der Waals surface area contributed by atoms with E-state index in [0.29, 0.717) is 19.8 Å². The van der Waals surface area contributed by atoms with Gasteiger partial charge in [-0.3, -0.25) is 4.79 Å². The fourth-order valence-corrected chi connectivity index (χ4v) is 2.34. The molecule has 0 aromatic heterocycles. The first-order chi connectivity index (χ1) is 8.77. The number of carbonyl (C=O) groups excluding carboxylic acids is 1. The quantitative estimate of drug-likeness (QED) is 0.768. The van der Waals surface area contributed by atoms with Gasteiger partial charge in [-0.1, -0.05) is 37.3 Å². The molecule has 1 aromatic rings. The molecule has 0 atom stereocenters. The molecule has 0 unspecified atom stereocenters. The van der Waals surface area contributed by atoms with Gasteiger partial charge in [-0.25, -0.2) is 0 Å². The van der Waals surface area contributed by atoms with Crippen LogP contribution in [0.2, 0.25) is 0 Å². The Morgan fingerprint density at radius 3 is 2.56 bits per heavy atom. The number of carbonyl (C=O) groups is 1. The zero-order valence-corrected chi connectivity index (χ0v) is 10.9. The molecule has 1 aromatic carbocycles. The summed E-state index contributed by atoms with van der Waals surface area (Å²) < 4.78 is 10.8. The monoisotopic (exact) mass is 248 g/mol. The van der Waals surface area contributed by atoms with Crippen molar-refractivity contribution in [2.45, 2.75) is 32.8 Å². The number of benzene rings is 1.